The molecule has 130 valence electrons. The molecule has 1 amide bonds. The molecule has 2 heterocycles. The van der Waals surface area contributed by atoms with Crippen LogP contribution in [-0.4, -0.2) is 17.5 Å². The van der Waals surface area contributed by atoms with Gasteiger partial charge in [0.1, 0.15) is 10.4 Å². The van der Waals surface area contributed by atoms with E-state index in [1.807, 2.05) is 36.9 Å². The molecule has 2 N–H and O–H groups in total. The SMILES string of the molecule is CNCc1cc2c(=O)c(C(=O)NCc3ccc(Cl)cc3)cn(C)c2s1. The Morgan fingerprint density at radius 2 is 1.96 bits per heavy atom. The van der Waals surface area contributed by atoms with Crippen molar-refractivity contribution < 1.29 is 4.79 Å². The highest BCUT2D eigenvalue weighted by atomic mass is 35.5. The number of hydrogen-bond acceptors (Lipinski definition) is 4. The second kappa shape index (κ2) is 7.39. The van der Waals surface area contributed by atoms with E-state index < -0.39 is 0 Å². The Bertz CT molecular complexity index is 976. The van der Waals surface area contributed by atoms with Gasteiger partial charge < -0.3 is 15.2 Å². The summed E-state index contributed by atoms with van der Waals surface area (Å²) in [6.45, 7) is 1.03. The van der Waals surface area contributed by atoms with Crippen LogP contribution in [0.3, 0.4) is 0 Å². The number of nitrogens with zero attached hydrogens (tertiary/aromatic N) is 1. The molecule has 25 heavy (non-hydrogen) atoms. The molecule has 0 atom stereocenters. The molecule has 0 spiro atoms. The van der Waals surface area contributed by atoms with Gasteiger partial charge in [-0.2, -0.15) is 0 Å². The number of benzene rings is 1. The molecule has 1 aromatic carbocycles. The van der Waals surface area contributed by atoms with Crippen molar-refractivity contribution in [2.45, 2.75) is 13.1 Å². The first-order chi connectivity index (χ1) is 12.0. The second-order valence-electron chi connectivity index (χ2n) is 5.75. The Balaban J connectivity index is 1.87. The van der Waals surface area contributed by atoms with E-state index in [1.165, 1.54) is 0 Å². The van der Waals surface area contributed by atoms with Crippen LogP contribution >= 0.6 is 22.9 Å². The number of aryl methyl sites for hydroxylation is 1. The molecule has 0 radical (unpaired) electrons. The van der Waals surface area contributed by atoms with Gasteiger partial charge >= 0.3 is 0 Å². The molecule has 3 rings (SSSR count). The van der Waals surface area contributed by atoms with Crippen LogP contribution in [0.1, 0.15) is 20.8 Å². The minimum atomic E-state index is -0.376. The van der Waals surface area contributed by atoms with Gasteiger partial charge in [-0.05, 0) is 30.8 Å². The maximum atomic E-state index is 12.7. The highest BCUT2D eigenvalue weighted by Crippen LogP contribution is 2.23. The molecule has 0 saturated carbocycles. The summed E-state index contributed by atoms with van der Waals surface area (Å²) in [5.41, 5.74) is 0.834. The Hall–Kier alpha value is -2.15. The first-order valence-corrected chi connectivity index (χ1v) is 8.98. The molecule has 0 fully saturated rings. The number of aromatic nitrogens is 1. The number of hydrogen-bond donors (Lipinski definition) is 2. The number of thiophene rings is 1. The van der Waals surface area contributed by atoms with Crippen LogP contribution in [0.25, 0.3) is 10.2 Å². The fraction of sp³-hybridized carbons (Fsp3) is 0.222. The Kier molecular flexibility index (Phi) is 5.22. The zero-order valence-corrected chi connectivity index (χ0v) is 15.5. The Morgan fingerprint density at radius 3 is 2.64 bits per heavy atom. The summed E-state index contributed by atoms with van der Waals surface area (Å²) in [6, 6.07) is 9.07. The van der Waals surface area contributed by atoms with E-state index in [1.54, 1.807) is 29.7 Å². The lowest BCUT2D eigenvalue weighted by Gasteiger charge is -2.07. The van der Waals surface area contributed by atoms with E-state index in [0.29, 0.717) is 23.5 Å². The van der Waals surface area contributed by atoms with Crippen LogP contribution in [-0.2, 0) is 20.1 Å². The number of halogens is 1. The molecule has 0 aliphatic rings. The minimum Gasteiger partial charge on any atom is -0.348 e. The van der Waals surface area contributed by atoms with Gasteiger partial charge in [-0.15, -0.1) is 11.3 Å². The van der Waals surface area contributed by atoms with E-state index in [4.69, 9.17) is 11.6 Å². The second-order valence-corrected chi connectivity index (χ2v) is 7.31. The fourth-order valence-electron chi connectivity index (χ4n) is 2.61. The van der Waals surface area contributed by atoms with Crippen molar-refractivity contribution in [2.75, 3.05) is 7.05 Å². The van der Waals surface area contributed by atoms with Crippen LogP contribution in [0.2, 0.25) is 5.02 Å². The largest absolute Gasteiger partial charge is 0.348 e. The molecule has 2 aromatic heterocycles. The van der Waals surface area contributed by atoms with Crippen LogP contribution in [0.15, 0.2) is 41.3 Å². The summed E-state index contributed by atoms with van der Waals surface area (Å²) in [5.74, 6) is -0.376. The van der Waals surface area contributed by atoms with Gasteiger partial charge in [0.25, 0.3) is 5.91 Å². The number of nitrogens with one attached hydrogen (secondary N) is 2. The lowest BCUT2D eigenvalue weighted by molar-refractivity contribution is 0.0949. The number of carbonyl (C=O) groups excluding carboxylic acids is 1. The van der Waals surface area contributed by atoms with E-state index in [-0.39, 0.29) is 16.9 Å². The molecule has 5 nitrogen and oxygen atoms in total. The molecule has 0 unspecified atom stereocenters. The number of amides is 1. The average Bonchev–Trinajstić information content (AvgIpc) is 3.02. The van der Waals surface area contributed by atoms with E-state index in [2.05, 4.69) is 10.6 Å². The summed E-state index contributed by atoms with van der Waals surface area (Å²) >= 11 is 7.40. The van der Waals surface area contributed by atoms with Crippen LogP contribution in [0.5, 0.6) is 0 Å². The van der Waals surface area contributed by atoms with E-state index in [0.717, 1.165) is 15.3 Å². The third kappa shape index (κ3) is 3.76. The summed E-state index contributed by atoms with van der Waals surface area (Å²) < 4.78 is 1.83. The molecule has 0 bridgehead atoms. The summed E-state index contributed by atoms with van der Waals surface area (Å²) in [6.07, 6.45) is 1.60. The molecule has 0 aliphatic carbocycles. The Morgan fingerprint density at radius 1 is 1.24 bits per heavy atom. The van der Waals surface area contributed by atoms with Crippen molar-refractivity contribution in [2.24, 2.45) is 7.05 Å². The molecular weight excluding hydrogens is 358 g/mol. The highest BCUT2D eigenvalue weighted by molar-refractivity contribution is 7.18. The normalized spacial score (nSPS) is 11.0. The maximum absolute atomic E-state index is 12.7. The van der Waals surface area contributed by atoms with Crippen molar-refractivity contribution in [3.8, 4) is 0 Å². The fourth-order valence-corrected chi connectivity index (χ4v) is 3.84. The van der Waals surface area contributed by atoms with Gasteiger partial charge in [0.15, 0.2) is 0 Å². The van der Waals surface area contributed by atoms with Gasteiger partial charge in [-0.25, -0.2) is 0 Å². The van der Waals surface area contributed by atoms with Gasteiger partial charge in [0.2, 0.25) is 5.43 Å². The molecule has 7 heteroatoms. The average molecular weight is 376 g/mol. The Labute approximate surface area is 154 Å². The zero-order chi connectivity index (χ0) is 18.0. The van der Waals surface area contributed by atoms with Crippen LogP contribution in [0.4, 0.5) is 0 Å². The predicted molar refractivity (Wildman–Crippen MR) is 102 cm³/mol. The van der Waals surface area contributed by atoms with Crippen LogP contribution < -0.4 is 16.1 Å². The first-order valence-electron chi connectivity index (χ1n) is 7.79. The lowest BCUT2D eigenvalue weighted by atomic mass is 10.2. The predicted octanol–water partition coefficient (Wildman–Crippen LogP) is 2.90. The van der Waals surface area contributed by atoms with E-state index >= 15 is 0 Å². The number of fused-ring (bicyclic) bond motifs is 1. The van der Waals surface area contributed by atoms with Crippen molar-refractivity contribution in [1.82, 2.24) is 15.2 Å². The molecular formula is C18H18ClN3O2S. The minimum absolute atomic E-state index is 0.151. The van der Waals surface area contributed by atoms with Crippen molar-refractivity contribution in [3.63, 3.8) is 0 Å². The summed E-state index contributed by atoms with van der Waals surface area (Å²) in [7, 11) is 3.70. The third-order valence-corrected chi connectivity index (χ3v) is 5.34. The number of pyridine rings is 1. The third-order valence-electron chi connectivity index (χ3n) is 3.86. The summed E-state index contributed by atoms with van der Waals surface area (Å²) in [4.78, 5) is 27.1. The first kappa shape index (κ1) is 17.7. The molecule has 0 aliphatic heterocycles. The van der Waals surface area contributed by atoms with Crippen LogP contribution in [0, 0.1) is 0 Å². The van der Waals surface area contributed by atoms with Crippen molar-refractivity contribution in [3.05, 3.63) is 67.8 Å². The quantitative estimate of drug-likeness (QED) is 0.720. The van der Waals surface area contributed by atoms with Gasteiger partial charge in [-0.1, -0.05) is 23.7 Å². The van der Waals surface area contributed by atoms with Gasteiger partial charge in [-0.3, -0.25) is 9.59 Å². The van der Waals surface area contributed by atoms with Crippen molar-refractivity contribution >= 4 is 39.1 Å². The highest BCUT2D eigenvalue weighted by Gasteiger charge is 2.16. The standard InChI is InChI=1S/C18H18ClN3O2S/c1-20-9-13-7-14-16(23)15(10-22(2)18(14)25-13)17(24)21-8-11-3-5-12(19)6-4-11/h3-7,10,20H,8-9H2,1-2H3,(H,21,24). The lowest BCUT2D eigenvalue weighted by Crippen LogP contribution is -2.29. The van der Waals surface area contributed by atoms with Gasteiger partial charge in [0.05, 0.1) is 5.39 Å². The molecule has 3 aromatic rings. The number of rotatable bonds is 5. The van der Waals surface area contributed by atoms with Crippen molar-refractivity contribution in [1.29, 1.82) is 0 Å². The summed E-state index contributed by atoms with van der Waals surface area (Å²) in [5, 5.41) is 7.09. The number of carbonyl (C=O) groups is 1. The smallest absolute Gasteiger partial charge is 0.257 e. The maximum Gasteiger partial charge on any atom is 0.257 e. The molecule has 0 saturated heterocycles. The monoisotopic (exact) mass is 375 g/mol. The topological polar surface area (TPSA) is 63.1 Å². The van der Waals surface area contributed by atoms with E-state index in [9.17, 15) is 9.59 Å². The zero-order valence-electron chi connectivity index (χ0n) is 13.9. The van der Waals surface area contributed by atoms with Gasteiger partial charge in [0, 0.05) is 36.2 Å².